The summed E-state index contributed by atoms with van der Waals surface area (Å²) in [5.41, 5.74) is 2.93. The van der Waals surface area contributed by atoms with E-state index in [4.69, 9.17) is 23.2 Å². The van der Waals surface area contributed by atoms with Gasteiger partial charge in [0.2, 0.25) is 5.91 Å². The molecule has 2 heterocycles. The second-order valence-electron chi connectivity index (χ2n) is 6.16. The number of nitrogens with zero attached hydrogens (tertiary/aromatic N) is 4. The van der Waals surface area contributed by atoms with Crippen LogP contribution >= 0.6 is 39.1 Å². The number of aryl methyl sites for hydroxylation is 2. The molecule has 0 saturated heterocycles. The topological polar surface area (TPSA) is 64.7 Å². The van der Waals surface area contributed by atoms with Crippen LogP contribution in [0.4, 0.5) is 5.82 Å². The summed E-state index contributed by atoms with van der Waals surface area (Å²) in [4.78, 5) is 12.3. The van der Waals surface area contributed by atoms with Crippen LogP contribution in [-0.2, 0) is 17.9 Å². The molecule has 0 bridgehead atoms. The molecule has 6 nitrogen and oxygen atoms in total. The number of nitrogens with one attached hydrogen (secondary N) is 1. The van der Waals surface area contributed by atoms with Gasteiger partial charge in [0.25, 0.3) is 0 Å². The summed E-state index contributed by atoms with van der Waals surface area (Å²) in [5.74, 6) is 0.183. The predicted octanol–water partition coefficient (Wildman–Crippen LogP) is 4.84. The highest BCUT2D eigenvalue weighted by Crippen LogP contribution is 2.22. The second-order valence-corrected chi connectivity index (χ2v) is 7.79. The first-order valence-corrected chi connectivity index (χ1v) is 9.85. The van der Waals surface area contributed by atoms with Gasteiger partial charge in [-0.1, -0.05) is 35.3 Å². The molecule has 0 spiro atoms. The fraction of sp³-hybridized carbons (Fsp3) is 0.278. The molecule has 0 saturated carbocycles. The van der Waals surface area contributed by atoms with E-state index in [1.54, 1.807) is 15.6 Å². The molecule has 0 radical (unpaired) electrons. The number of rotatable bonds is 6. The van der Waals surface area contributed by atoms with Crippen LogP contribution in [-0.4, -0.2) is 25.5 Å². The Morgan fingerprint density at radius 3 is 2.52 bits per heavy atom. The number of carbonyl (C=O) groups excluding carboxylic acids is 1. The van der Waals surface area contributed by atoms with Crippen molar-refractivity contribution in [3.63, 3.8) is 0 Å². The Balaban J connectivity index is 1.60. The summed E-state index contributed by atoms with van der Waals surface area (Å²) in [7, 11) is 0. The summed E-state index contributed by atoms with van der Waals surface area (Å²) in [6.07, 6.45) is 1.96. The van der Waals surface area contributed by atoms with Crippen molar-refractivity contribution in [2.24, 2.45) is 0 Å². The average Bonchev–Trinajstić information content (AvgIpc) is 3.09. The molecule has 3 aromatic rings. The Morgan fingerprint density at radius 2 is 1.89 bits per heavy atom. The fourth-order valence-corrected chi connectivity index (χ4v) is 3.24. The molecule has 1 N–H and O–H groups in total. The largest absolute Gasteiger partial charge is 0.308 e. The third-order valence-electron chi connectivity index (χ3n) is 4.08. The number of carbonyl (C=O) groups is 1. The lowest BCUT2D eigenvalue weighted by Gasteiger charge is -2.05. The number of amides is 1. The van der Waals surface area contributed by atoms with Crippen molar-refractivity contribution >= 4 is 50.9 Å². The van der Waals surface area contributed by atoms with Gasteiger partial charge in [0, 0.05) is 23.3 Å². The van der Waals surface area contributed by atoms with Crippen molar-refractivity contribution in [1.82, 2.24) is 19.6 Å². The van der Waals surface area contributed by atoms with Gasteiger partial charge in [-0.15, -0.1) is 0 Å². The van der Waals surface area contributed by atoms with Gasteiger partial charge in [-0.05, 0) is 47.5 Å². The molecule has 0 aliphatic carbocycles. The van der Waals surface area contributed by atoms with Crippen LogP contribution < -0.4 is 5.32 Å². The third kappa shape index (κ3) is 4.91. The van der Waals surface area contributed by atoms with Gasteiger partial charge >= 0.3 is 0 Å². The minimum Gasteiger partial charge on any atom is -0.308 e. The van der Waals surface area contributed by atoms with Gasteiger partial charge in [0.05, 0.1) is 23.3 Å². The van der Waals surface area contributed by atoms with Crippen molar-refractivity contribution in [3.8, 4) is 0 Å². The zero-order chi connectivity index (χ0) is 19.6. The summed E-state index contributed by atoms with van der Waals surface area (Å²) in [6.45, 7) is 4.89. The van der Waals surface area contributed by atoms with Gasteiger partial charge in [-0.2, -0.15) is 10.2 Å². The Kier molecular flexibility index (Phi) is 6.24. The van der Waals surface area contributed by atoms with Crippen molar-refractivity contribution in [2.75, 3.05) is 5.32 Å². The number of hydrogen-bond donors (Lipinski definition) is 1. The van der Waals surface area contributed by atoms with Gasteiger partial charge in [-0.25, -0.2) is 0 Å². The first-order chi connectivity index (χ1) is 12.8. The quantitative estimate of drug-likeness (QED) is 0.560. The maximum atomic E-state index is 12.3. The van der Waals surface area contributed by atoms with Crippen molar-refractivity contribution in [3.05, 3.63) is 61.9 Å². The molecule has 0 aliphatic rings. The molecule has 3 rings (SSSR count). The highest BCUT2D eigenvalue weighted by atomic mass is 79.9. The summed E-state index contributed by atoms with van der Waals surface area (Å²) in [6, 6.07) is 7.48. The van der Waals surface area contributed by atoms with E-state index in [1.165, 1.54) is 0 Å². The number of anilines is 1. The van der Waals surface area contributed by atoms with Crippen molar-refractivity contribution < 1.29 is 4.79 Å². The van der Waals surface area contributed by atoms with E-state index in [1.807, 2.05) is 38.1 Å². The Morgan fingerprint density at radius 1 is 1.19 bits per heavy atom. The minimum absolute atomic E-state index is 0.169. The summed E-state index contributed by atoms with van der Waals surface area (Å²) < 4.78 is 4.45. The molecule has 0 unspecified atom stereocenters. The standard InChI is InChI=1S/C18H18BrCl2N5O/c1-11-17(19)12(2)26(23-11)8-7-16(27)22-18-15(21)10-25(24-18)9-13-3-5-14(20)6-4-13/h3-6,10H,7-9H2,1-2H3,(H,22,24,27). The molecular formula is C18H18BrCl2N5O. The SMILES string of the molecule is Cc1nn(CCC(=O)Nc2nn(Cc3ccc(Cl)cc3)cc2Cl)c(C)c1Br. The highest BCUT2D eigenvalue weighted by molar-refractivity contribution is 9.10. The molecule has 0 fully saturated rings. The van der Waals surface area contributed by atoms with Crippen LogP contribution in [0.2, 0.25) is 10.0 Å². The second kappa shape index (κ2) is 8.46. The zero-order valence-electron chi connectivity index (χ0n) is 14.8. The first kappa shape index (κ1) is 19.9. The Labute approximate surface area is 175 Å². The average molecular weight is 471 g/mol. The van der Waals surface area contributed by atoms with E-state index >= 15 is 0 Å². The van der Waals surface area contributed by atoms with Crippen LogP contribution in [0.15, 0.2) is 34.9 Å². The minimum atomic E-state index is -0.169. The van der Waals surface area contributed by atoms with Crippen molar-refractivity contribution in [1.29, 1.82) is 0 Å². The van der Waals surface area contributed by atoms with Gasteiger partial charge in [0.1, 0.15) is 5.02 Å². The number of halogens is 3. The molecule has 2 aromatic heterocycles. The van der Waals surface area contributed by atoms with Crippen molar-refractivity contribution in [2.45, 2.75) is 33.4 Å². The number of benzene rings is 1. The smallest absolute Gasteiger partial charge is 0.227 e. The lowest BCUT2D eigenvalue weighted by molar-refractivity contribution is -0.116. The predicted molar refractivity (Wildman–Crippen MR) is 110 cm³/mol. The summed E-state index contributed by atoms with van der Waals surface area (Å²) >= 11 is 15.6. The van der Waals surface area contributed by atoms with Crippen LogP contribution in [0.25, 0.3) is 0 Å². The maximum absolute atomic E-state index is 12.3. The molecule has 1 aromatic carbocycles. The van der Waals surface area contributed by atoms with E-state index in [-0.39, 0.29) is 12.3 Å². The Hall–Kier alpha value is -1.83. The Bertz CT molecular complexity index is 965. The fourth-order valence-electron chi connectivity index (χ4n) is 2.63. The molecule has 0 aliphatic heterocycles. The van der Waals surface area contributed by atoms with Gasteiger partial charge in [-0.3, -0.25) is 14.2 Å². The normalized spacial score (nSPS) is 11.0. The van der Waals surface area contributed by atoms with E-state index in [9.17, 15) is 4.79 Å². The molecule has 1 amide bonds. The van der Waals surface area contributed by atoms with Gasteiger partial charge in [0.15, 0.2) is 5.82 Å². The maximum Gasteiger partial charge on any atom is 0.227 e. The van der Waals surface area contributed by atoms with Crippen LogP contribution in [0.5, 0.6) is 0 Å². The summed E-state index contributed by atoms with van der Waals surface area (Å²) in [5, 5.41) is 12.6. The van der Waals surface area contributed by atoms with Gasteiger partial charge < -0.3 is 5.32 Å². The molecular weight excluding hydrogens is 453 g/mol. The highest BCUT2D eigenvalue weighted by Gasteiger charge is 2.13. The number of aromatic nitrogens is 4. The van der Waals surface area contributed by atoms with E-state index < -0.39 is 0 Å². The van der Waals surface area contributed by atoms with Crippen LogP contribution in [0.3, 0.4) is 0 Å². The number of hydrogen-bond acceptors (Lipinski definition) is 3. The van der Waals surface area contributed by atoms with Crippen LogP contribution in [0, 0.1) is 13.8 Å². The zero-order valence-corrected chi connectivity index (χ0v) is 17.9. The molecule has 0 atom stereocenters. The monoisotopic (exact) mass is 469 g/mol. The lowest BCUT2D eigenvalue weighted by Crippen LogP contribution is -2.16. The van der Waals surface area contributed by atoms with E-state index in [0.29, 0.717) is 29.0 Å². The molecule has 142 valence electrons. The van der Waals surface area contributed by atoms with E-state index in [0.717, 1.165) is 21.4 Å². The first-order valence-electron chi connectivity index (χ1n) is 8.30. The van der Waals surface area contributed by atoms with Crippen LogP contribution in [0.1, 0.15) is 23.4 Å². The lowest BCUT2D eigenvalue weighted by atomic mass is 10.2. The van der Waals surface area contributed by atoms with E-state index in [2.05, 4.69) is 31.4 Å². The molecule has 27 heavy (non-hydrogen) atoms. The molecule has 9 heteroatoms. The third-order valence-corrected chi connectivity index (χ3v) is 5.75.